The van der Waals surface area contributed by atoms with E-state index < -0.39 is 23.6 Å². The minimum absolute atomic E-state index is 0.0386. The van der Waals surface area contributed by atoms with Crippen LogP contribution in [0, 0.1) is 0 Å². The zero-order valence-corrected chi connectivity index (χ0v) is 20.5. The molecule has 7 heteroatoms. The second-order valence-corrected chi connectivity index (χ2v) is 9.66. The molecular formula is C28H34N2O5. The SMILES string of the molecule is CCC[C@@H](CC(=O)N(C)C1(C(=O)O)CCCC1)NC(=O)OCC1c2ccccc2-c2ccccc21. The number of fused-ring (bicyclic) bond motifs is 3. The molecule has 0 unspecified atom stereocenters. The van der Waals surface area contributed by atoms with Gasteiger partial charge in [0.15, 0.2) is 0 Å². The molecule has 0 aliphatic heterocycles. The van der Waals surface area contributed by atoms with Crippen LogP contribution in [0.5, 0.6) is 0 Å². The number of carboxylic acids is 1. The number of alkyl carbamates (subject to hydrolysis) is 1. The first-order chi connectivity index (χ1) is 16.9. The van der Waals surface area contributed by atoms with Crippen molar-refractivity contribution in [2.45, 2.75) is 69.4 Å². The summed E-state index contributed by atoms with van der Waals surface area (Å²) < 4.78 is 5.65. The molecule has 2 aliphatic carbocycles. The summed E-state index contributed by atoms with van der Waals surface area (Å²) in [5.74, 6) is -1.27. The van der Waals surface area contributed by atoms with Crippen LogP contribution < -0.4 is 5.32 Å². The largest absolute Gasteiger partial charge is 0.479 e. The van der Waals surface area contributed by atoms with Crippen LogP contribution in [0.3, 0.4) is 0 Å². The van der Waals surface area contributed by atoms with Gasteiger partial charge < -0.3 is 20.1 Å². The molecular weight excluding hydrogens is 444 g/mol. The van der Waals surface area contributed by atoms with Crippen LogP contribution in [0.1, 0.15) is 68.9 Å². The molecule has 1 fully saturated rings. The molecule has 2 N–H and O–H groups in total. The van der Waals surface area contributed by atoms with Gasteiger partial charge in [0.2, 0.25) is 5.91 Å². The number of amides is 2. The molecule has 0 aromatic heterocycles. The van der Waals surface area contributed by atoms with Gasteiger partial charge >= 0.3 is 12.1 Å². The van der Waals surface area contributed by atoms with E-state index in [-0.39, 0.29) is 24.9 Å². The first-order valence-corrected chi connectivity index (χ1v) is 12.5. The fourth-order valence-corrected chi connectivity index (χ4v) is 5.62. The molecule has 7 nitrogen and oxygen atoms in total. The standard InChI is InChI=1S/C28H34N2O5/c1-3-10-19(17-25(31)30(2)28(26(32)33)15-8-9-16-28)29-27(34)35-18-24-22-13-6-4-11-20(22)21-12-5-7-14-23(21)24/h4-7,11-14,19,24H,3,8-10,15-18H2,1-2H3,(H,29,34)(H,32,33)/t19-/m0/s1. The topological polar surface area (TPSA) is 95.9 Å². The zero-order valence-electron chi connectivity index (χ0n) is 20.5. The molecule has 0 spiro atoms. The van der Waals surface area contributed by atoms with E-state index in [1.165, 1.54) is 4.90 Å². The van der Waals surface area contributed by atoms with Crippen LogP contribution >= 0.6 is 0 Å². The fourth-order valence-electron chi connectivity index (χ4n) is 5.62. The van der Waals surface area contributed by atoms with Crippen molar-refractivity contribution in [3.63, 3.8) is 0 Å². The molecule has 1 saturated carbocycles. The minimum Gasteiger partial charge on any atom is -0.479 e. The number of benzene rings is 2. The van der Waals surface area contributed by atoms with E-state index in [4.69, 9.17) is 4.74 Å². The highest BCUT2D eigenvalue weighted by Gasteiger charge is 2.47. The number of carboxylic acid groups (broad SMARTS) is 1. The summed E-state index contributed by atoms with van der Waals surface area (Å²) in [6.45, 7) is 2.19. The second-order valence-electron chi connectivity index (χ2n) is 9.66. The lowest BCUT2D eigenvalue weighted by atomic mass is 9.94. The predicted octanol–water partition coefficient (Wildman–Crippen LogP) is 4.94. The van der Waals surface area contributed by atoms with E-state index in [1.54, 1.807) is 7.05 Å². The van der Waals surface area contributed by atoms with Gasteiger partial charge in [-0.15, -0.1) is 0 Å². The summed E-state index contributed by atoms with van der Waals surface area (Å²) in [6.07, 6.45) is 3.37. The van der Waals surface area contributed by atoms with Crippen LogP contribution in [0.25, 0.3) is 11.1 Å². The van der Waals surface area contributed by atoms with E-state index >= 15 is 0 Å². The van der Waals surface area contributed by atoms with Crippen molar-refractivity contribution in [1.82, 2.24) is 10.2 Å². The second kappa shape index (κ2) is 10.5. The van der Waals surface area contributed by atoms with Crippen molar-refractivity contribution in [2.24, 2.45) is 0 Å². The Morgan fingerprint density at radius 1 is 1.06 bits per heavy atom. The van der Waals surface area contributed by atoms with Crippen molar-refractivity contribution >= 4 is 18.0 Å². The normalized spacial score (nSPS) is 16.7. The molecule has 4 rings (SSSR count). The Morgan fingerprint density at radius 2 is 1.63 bits per heavy atom. The number of aliphatic carboxylic acids is 1. The van der Waals surface area contributed by atoms with E-state index in [9.17, 15) is 19.5 Å². The molecule has 0 bridgehead atoms. The predicted molar refractivity (Wildman–Crippen MR) is 133 cm³/mol. The number of carbonyl (C=O) groups excluding carboxylic acids is 2. The van der Waals surface area contributed by atoms with Gasteiger partial charge in [0.05, 0.1) is 0 Å². The van der Waals surface area contributed by atoms with Crippen LogP contribution in [0.4, 0.5) is 4.79 Å². The Bertz CT molecular complexity index is 1050. The summed E-state index contributed by atoms with van der Waals surface area (Å²) in [7, 11) is 1.57. The highest BCUT2D eigenvalue weighted by atomic mass is 16.5. The van der Waals surface area contributed by atoms with Crippen LogP contribution in [-0.4, -0.2) is 53.2 Å². The van der Waals surface area contributed by atoms with Crippen molar-refractivity contribution in [3.05, 3.63) is 59.7 Å². The Morgan fingerprint density at radius 3 is 2.17 bits per heavy atom. The number of carbonyl (C=O) groups is 3. The molecule has 2 aliphatic rings. The molecule has 35 heavy (non-hydrogen) atoms. The van der Waals surface area contributed by atoms with Crippen molar-refractivity contribution in [1.29, 1.82) is 0 Å². The molecule has 1 atom stereocenters. The number of likely N-dealkylation sites (N-methyl/N-ethyl adjacent to an activating group) is 1. The van der Waals surface area contributed by atoms with Crippen molar-refractivity contribution < 1.29 is 24.2 Å². The lowest BCUT2D eigenvalue weighted by Gasteiger charge is -2.35. The van der Waals surface area contributed by atoms with Crippen LogP contribution in [0.2, 0.25) is 0 Å². The Kier molecular flexibility index (Phi) is 7.43. The van der Waals surface area contributed by atoms with E-state index in [0.717, 1.165) is 41.5 Å². The smallest absolute Gasteiger partial charge is 0.407 e. The van der Waals surface area contributed by atoms with E-state index in [0.29, 0.717) is 19.3 Å². The average Bonchev–Trinajstić information content (AvgIpc) is 3.47. The Labute approximate surface area is 206 Å². The molecule has 2 aromatic carbocycles. The van der Waals surface area contributed by atoms with Crippen molar-refractivity contribution in [2.75, 3.05) is 13.7 Å². The zero-order chi connectivity index (χ0) is 25.0. The molecule has 0 saturated heterocycles. The van der Waals surface area contributed by atoms with Gasteiger partial charge in [-0.1, -0.05) is 74.7 Å². The maximum atomic E-state index is 13.0. The highest BCUT2D eigenvalue weighted by molar-refractivity contribution is 5.87. The molecule has 0 radical (unpaired) electrons. The maximum Gasteiger partial charge on any atom is 0.407 e. The van der Waals surface area contributed by atoms with Crippen LogP contribution in [0.15, 0.2) is 48.5 Å². The molecule has 0 heterocycles. The molecule has 2 aromatic rings. The van der Waals surface area contributed by atoms with Gasteiger partial charge in [0, 0.05) is 25.4 Å². The quantitative estimate of drug-likeness (QED) is 0.532. The van der Waals surface area contributed by atoms with Gasteiger partial charge in [-0.05, 0) is 41.5 Å². The minimum atomic E-state index is -1.14. The monoisotopic (exact) mass is 478 g/mol. The Hall–Kier alpha value is -3.35. The number of hydrogen-bond donors (Lipinski definition) is 2. The summed E-state index contributed by atoms with van der Waals surface area (Å²) in [4.78, 5) is 39.1. The molecule has 186 valence electrons. The van der Waals surface area contributed by atoms with Gasteiger partial charge in [-0.2, -0.15) is 0 Å². The number of nitrogens with one attached hydrogen (secondary N) is 1. The first kappa shape index (κ1) is 24.8. The van der Waals surface area contributed by atoms with Gasteiger partial charge in [-0.25, -0.2) is 9.59 Å². The Balaban J connectivity index is 1.38. The lowest BCUT2D eigenvalue weighted by molar-refractivity contribution is -0.157. The van der Waals surface area contributed by atoms with Crippen molar-refractivity contribution in [3.8, 4) is 11.1 Å². The van der Waals surface area contributed by atoms with E-state index in [1.807, 2.05) is 31.2 Å². The summed E-state index contributed by atoms with van der Waals surface area (Å²) in [5.41, 5.74) is 3.46. The van der Waals surface area contributed by atoms with Gasteiger partial charge in [-0.3, -0.25) is 4.79 Å². The average molecular weight is 479 g/mol. The molecule has 2 amide bonds. The lowest BCUT2D eigenvalue weighted by Crippen LogP contribution is -2.54. The third-order valence-electron chi connectivity index (χ3n) is 7.57. The van der Waals surface area contributed by atoms with Crippen LogP contribution in [-0.2, 0) is 14.3 Å². The summed E-state index contributed by atoms with van der Waals surface area (Å²) in [5, 5.41) is 12.6. The van der Waals surface area contributed by atoms with Gasteiger partial charge in [0.25, 0.3) is 0 Å². The van der Waals surface area contributed by atoms with Gasteiger partial charge in [0.1, 0.15) is 12.1 Å². The number of hydrogen-bond acceptors (Lipinski definition) is 4. The first-order valence-electron chi connectivity index (χ1n) is 12.5. The van der Waals surface area contributed by atoms with E-state index in [2.05, 4.69) is 29.6 Å². The third kappa shape index (κ3) is 4.90. The third-order valence-corrected chi connectivity index (χ3v) is 7.57. The highest BCUT2D eigenvalue weighted by Crippen LogP contribution is 2.44. The maximum absolute atomic E-state index is 13.0. The number of ether oxygens (including phenoxy) is 1. The summed E-state index contributed by atoms with van der Waals surface area (Å²) in [6, 6.07) is 15.9. The fraction of sp³-hybridized carbons (Fsp3) is 0.464. The number of rotatable bonds is 9. The number of nitrogens with zero attached hydrogens (tertiary/aromatic N) is 1. The summed E-state index contributed by atoms with van der Waals surface area (Å²) >= 11 is 0.